The first-order chi connectivity index (χ1) is 10.3. The van der Waals surface area contributed by atoms with Gasteiger partial charge in [-0.2, -0.15) is 0 Å². The standard InChI is InChI=1S/C16H16FNO3S/c1-18(11-12-7-9-13(17)10-8-12)16(19)14-5-3-4-6-15(14)22(2,20)21/h3-10H,11H2,1-2H3. The lowest BCUT2D eigenvalue weighted by molar-refractivity contribution is 0.0781. The van der Waals surface area contributed by atoms with Gasteiger partial charge in [-0.25, -0.2) is 12.8 Å². The Kier molecular flexibility index (Phi) is 4.61. The largest absolute Gasteiger partial charge is 0.337 e. The van der Waals surface area contributed by atoms with Crippen LogP contribution in [0.15, 0.2) is 53.4 Å². The Bertz CT molecular complexity index is 785. The molecule has 6 heteroatoms. The van der Waals surface area contributed by atoms with Crippen LogP contribution in [0.25, 0.3) is 0 Å². The van der Waals surface area contributed by atoms with Crippen LogP contribution in [0, 0.1) is 5.82 Å². The van der Waals surface area contributed by atoms with Crippen LogP contribution >= 0.6 is 0 Å². The molecule has 0 radical (unpaired) electrons. The van der Waals surface area contributed by atoms with E-state index < -0.39 is 15.7 Å². The molecule has 0 aromatic heterocycles. The van der Waals surface area contributed by atoms with Gasteiger partial charge in [-0.3, -0.25) is 4.79 Å². The number of sulfone groups is 1. The molecule has 0 aliphatic rings. The van der Waals surface area contributed by atoms with E-state index in [1.54, 1.807) is 31.3 Å². The molecule has 2 aromatic rings. The van der Waals surface area contributed by atoms with Gasteiger partial charge >= 0.3 is 0 Å². The Labute approximate surface area is 129 Å². The fraction of sp³-hybridized carbons (Fsp3) is 0.188. The highest BCUT2D eigenvalue weighted by Gasteiger charge is 2.20. The maximum Gasteiger partial charge on any atom is 0.255 e. The Balaban J connectivity index is 2.26. The van der Waals surface area contributed by atoms with Crippen LogP contribution in [0.2, 0.25) is 0 Å². The number of carbonyl (C=O) groups excluding carboxylic acids is 1. The minimum absolute atomic E-state index is 0.00551. The number of hydrogen-bond donors (Lipinski definition) is 0. The van der Waals surface area contributed by atoms with Gasteiger partial charge in [0.15, 0.2) is 9.84 Å². The number of halogens is 1. The predicted octanol–water partition coefficient (Wildman–Crippen LogP) is 2.50. The van der Waals surface area contributed by atoms with Gasteiger partial charge in [-0.1, -0.05) is 24.3 Å². The average molecular weight is 321 g/mol. The molecular formula is C16H16FNO3S. The summed E-state index contributed by atoms with van der Waals surface area (Å²) in [4.78, 5) is 13.9. The zero-order valence-electron chi connectivity index (χ0n) is 12.3. The third-order valence-corrected chi connectivity index (χ3v) is 4.35. The van der Waals surface area contributed by atoms with Crippen LogP contribution in [-0.2, 0) is 16.4 Å². The van der Waals surface area contributed by atoms with Crippen molar-refractivity contribution in [2.75, 3.05) is 13.3 Å². The number of benzene rings is 2. The minimum atomic E-state index is -3.49. The summed E-state index contributed by atoms with van der Waals surface area (Å²) < 4.78 is 36.4. The maximum atomic E-state index is 12.9. The van der Waals surface area contributed by atoms with E-state index in [4.69, 9.17) is 0 Å². The van der Waals surface area contributed by atoms with Crippen LogP contribution in [-0.4, -0.2) is 32.5 Å². The number of carbonyl (C=O) groups is 1. The number of amides is 1. The highest BCUT2D eigenvalue weighted by Crippen LogP contribution is 2.18. The molecule has 4 nitrogen and oxygen atoms in total. The van der Waals surface area contributed by atoms with Gasteiger partial charge in [0, 0.05) is 19.8 Å². The van der Waals surface area contributed by atoms with Gasteiger partial charge in [-0.05, 0) is 29.8 Å². The summed E-state index contributed by atoms with van der Waals surface area (Å²) in [7, 11) is -1.91. The van der Waals surface area contributed by atoms with E-state index in [9.17, 15) is 17.6 Å². The average Bonchev–Trinajstić information content (AvgIpc) is 2.48. The second-order valence-corrected chi connectivity index (χ2v) is 7.04. The summed E-state index contributed by atoms with van der Waals surface area (Å²) in [5.41, 5.74) is 0.892. The molecular weight excluding hydrogens is 305 g/mol. The third-order valence-electron chi connectivity index (χ3n) is 3.20. The Morgan fingerprint density at radius 2 is 1.68 bits per heavy atom. The van der Waals surface area contributed by atoms with Crippen LogP contribution in [0.3, 0.4) is 0 Å². The summed E-state index contributed by atoms with van der Waals surface area (Å²) in [6, 6.07) is 11.9. The molecule has 2 rings (SSSR count). The fourth-order valence-electron chi connectivity index (χ4n) is 2.11. The van der Waals surface area contributed by atoms with Crippen LogP contribution in [0.1, 0.15) is 15.9 Å². The third kappa shape index (κ3) is 3.71. The van der Waals surface area contributed by atoms with Crippen LogP contribution in [0.5, 0.6) is 0 Å². The zero-order valence-corrected chi connectivity index (χ0v) is 13.1. The second-order valence-electron chi connectivity index (χ2n) is 5.06. The molecule has 22 heavy (non-hydrogen) atoms. The fourth-order valence-corrected chi connectivity index (χ4v) is 2.99. The summed E-state index contributed by atoms with van der Waals surface area (Å²) in [6.45, 7) is 0.261. The van der Waals surface area contributed by atoms with Crippen LogP contribution in [0.4, 0.5) is 4.39 Å². The Morgan fingerprint density at radius 1 is 1.09 bits per heavy atom. The van der Waals surface area contributed by atoms with E-state index in [0.29, 0.717) is 0 Å². The van der Waals surface area contributed by atoms with E-state index in [2.05, 4.69) is 0 Å². The normalized spacial score (nSPS) is 11.2. The Hall–Kier alpha value is -2.21. The van der Waals surface area contributed by atoms with Crippen LogP contribution < -0.4 is 0 Å². The van der Waals surface area contributed by atoms with Crippen molar-refractivity contribution in [3.8, 4) is 0 Å². The lowest BCUT2D eigenvalue weighted by Crippen LogP contribution is -2.27. The van der Waals surface area contributed by atoms with Gasteiger partial charge in [-0.15, -0.1) is 0 Å². The van der Waals surface area contributed by atoms with Crippen molar-refractivity contribution in [1.29, 1.82) is 0 Å². The Morgan fingerprint density at radius 3 is 2.27 bits per heavy atom. The first-order valence-electron chi connectivity index (χ1n) is 6.58. The maximum absolute atomic E-state index is 12.9. The highest BCUT2D eigenvalue weighted by atomic mass is 32.2. The monoisotopic (exact) mass is 321 g/mol. The van der Waals surface area contributed by atoms with Gasteiger partial charge in [0.25, 0.3) is 5.91 Å². The summed E-state index contributed by atoms with van der Waals surface area (Å²) in [5, 5.41) is 0. The molecule has 0 heterocycles. The van der Waals surface area contributed by atoms with Crippen molar-refractivity contribution in [3.63, 3.8) is 0 Å². The lowest BCUT2D eigenvalue weighted by Gasteiger charge is -2.18. The molecule has 0 atom stereocenters. The van der Waals surface area contributed by atoms with E-state index in [1.807, 2.05) is 0 Å². The van der Waals surface area contributed by atoms with Gasteiger partial charge in [0.05, 0.1) is 10.5 Å². The number of rotatable bonds is 4. The first-order valence-corrected chi connectivity index (χ1v) is 8.47. The summed E-state index contributed by atoms with van der Waals surface area (Å²) in [6.07, 6.45) is 1.07. The summed E-state index contributed by atoms with van der Waals surface area (Å²) in [5.74, 6) is -0.745. The molecule has 0 aliphatic carbocycles. The predicted molar refractivity (Wildman–Crippen MR) is 81.7 cm³/mol. The highest BCUT2D eigenvalue weighted by molar-refractivity contribution is 7.90. The zero-order chi connectivity index (χ0) is 16.3. The molecule has 0 saturated heterocycles. The smallest absolute Gasteiger partial charge is 0.255 e. The van der Waals surface area contributed by atoms with Crippen molar-refractivity contribution in [2.45, 2.75) is 11.4 Å². The molecule has 0 saturated carbocycles. The molecule has 0 spiro atoms. The van der Waals surface area contributed by atoms with Crippen molar-refractivity contribution in [2.24, 2.45) is 0 Å². The van der Waals surface area contributed by atoms with Crippen molar-refractivity contribution < 1.29 is 17.6 Å². The molecule has 116 valence electrons. The van der Waals surface area contributed by atoms with E-state index in [1.165, 1.54) is 29.2 Å². The molecule has 0 aliphatic heterocycles. The number of nitrogens with zero attached hydrogens (tertiary/aromatic N) is 1. The van der Waals surface area contributed by atoms with E-state index in [0.717, 1.165) is 11.8 Å². The molecule has 0 N–H and O–H groups in total. The second kappa shape index (κ2) is 6.27. The molecule has 0 bridgehead atoms. The summed E-state index contributed by atoms with van der Waals surface area (Å²) >= 11 is 0. The first kappa shape index (κ1) is 16.2. The van der Waals surface area contributed by atoms with E-state index in [-0.39, 0.29) is 22.8 Å². The molecule has 0 fully saturated rings. The van der Waals surface area contributed by atoms with Crippen molar-refractivity contribution >= 4 is 15.7 Å². The number of hydrogen-bond acceptors (Lipinski definition) is 3. The SMILES string of the molecule is CN(Cc1ccc(F)cc1)C(=O)c1ccccc1S(C)(=O)=O. The minimum Gasteiger partial charge on any atom is -0.337 e. The topological polar surface area (TPSA) is 54.5 Å². The van der Waals surface area contributed by atoms with Crippen molar-refractivity contribution in [1.82, 2.24) is 4.90 Å². The quantitative estimate of drug-likeness (QED) is 0.869. The van der Waals surface area contributed by atoms with Gasteiger partial charge < -0.3 is 4.90 Å². The molecule has 0 unspecified atom stereocenters. The van der Waals surface area contributed by atoms with Crippen molar-refractivity contribution in [3.05, 3.63) is 65.5 Å². The molecule has 2 aromatic carbocycles. The lowest BCUT2D eigenvalue weighted by atomic mass is 10.1. The van der Waals surface area contributed by atoms with Gasteiger partial charge in [0.1, 0.15) is 5.82 Å². The van der Waals surface area contributed by atoms with Gasteiger partial charge in [0.2, 0.25) is 0 Å². The van der Waals surface area contributed by atoms with E-state index >= 15 is 0 Å². The molecule has 1 amide bonds.